The van der Waals surface area contributed by atoms with E-state index in [0.29, 0.717) is 22.3 Å². The van der Waals surface area contributed by atoms with E-state index in [2.05, 4.69) is 0 Å². The Kier molecular flexibility index (Phi) is 2.22. The number of esters is 1. The second-order valence-corrected chi connectivity index (χ2v) is 5.25. The summed E-state index contributed by atoms with van der Waals surface area (Å²) in [6.07, 6.45) is 0.0985. The van der Waals surface area contributed by atoms with Gasteiger partial charge in [-0.2, -0.15) is 0 Å². The molecule has 2 aromatic carbocycles. The number of Topliss-reactive ketones (excluding diaryl/α,β-unsaturated/α-hetero) is 2. The first-order chi connectivity index (χ1) is 10.1. The summed E-state index contributed by atoms with van der Waals surface area (Å²) in [5.74, 6) is -1.47. The Morgan fingerprint density at radius 3 is 1.90 bits per heavy atom. The highest BCUT2D eigenvalue weighted by atomic mass is 16.6. The summed E-state index contributed by atoms with van der Waals surface area (Å²) < 4.78 is 5.33. The zero-order chi connectivity index (χ0) is 14.6. The highest BCUT2D eigenvalue weighted by Crippen LogP contribution is 2.39. The van der Waals surface area contributed by atoms with Crippen LogP contribution in [0.25, 0.3) is 0 Å². The maximum Gasteiger partial charge on any atom is 0.339 e. The molecule has 0 radical (unpaired) electrons. The molecule has 1 heterocycles. The predicted octanol–water partition coefficient (Wildman–Crippen LogP) is 2.22. The van der Waals surface area contributed by atoms with Crippen LogP contribution in [0.5, 0.6) is 0 Å². The van der Waals surface area contributed by atoms with E-state index in [1.165, 1.54) is 0 Å². The zero-order valence-electron chi connectivity index (χ0n) is 11.0. The van der Waals surface area contributed by atoms with Gasteiger partial charge in [0.1, 0.15) is 0 Å². The van der Waals surface area contributed by atoms with Crippen molar-refractivity contribution in [2.45, 2.75) is 12.0 Å². The number of hydrogen-bond acceptors (Lipinski definition) is 4. The standard InChI is InChI=1S/C17H10O4/c18-14-12-7-3-4-8-13(12)15(19)17(14)9-10-5-1-2-6-11(10)16(20)21-17/h1-8H,9H2. The predicted molar refractivity (Wildman–Crippen MR) is 73.4 cm³/mol. The van der Waals surface area contributed by atoms with E-state index in [0.717, 1.165) is 0 Å². The van der Waals surface area contributed by atoms with Gasteiger partial charge in [-0.05, 0) is 11.6 Å². The molecule has 0 unspecified atom stereocenters. The lowest BCUT2D eigenvalue weighted by Gasteiger charge is -2.31. The molecular weight excluding hydrogens is 268 g/mol. The van der Waals surface area contributed by atoms with Gasteiger partial charge >= 0.3 is 5.97 Å². The van der Waals surface area contributed by atoms with Gasteiger partial charge in [0.15, 0.2) is 0 Å². The third kappa shape index (κ3) is 1.41. The summed E-state index contributed by atoms with van der Waals surface area (Å²) in [5, 5.41) is 0. The quantitative estimate of drug-likeness (QED) is 0.547. The molecule has 0 saturated heterocycles. The number of benzene rings is 2. The van der Waals surface area contributed by atoms with Gasteiger partial charge in [0.05, 0.1) is 5.56 Å². The van der Waals surface area contributed by atoms with Crippen molar-refractivity contribution >= 4 is 17.5 Å². The minimum absolute atomic E-state index is 0.0985. The first kappa shape index (κ1) is 12.0. The number of rotatable bonds is 0. The van der Waals surface area contributed by atoms with Crippen molar-refractivity contribution in [3.8, 4) is 0 Å². The summed E-state index contributed by atoms with van der Waals surface area (Å²) >= 11 is 0. The Morgan fingerprint density at radius 2 is 1.29 bits per heavy atom. The number of fused-ring (bicyclic) bond motifs is 2. The summed E-state index contributed by atoms with van der Waals surface area (Å²) in [6, 6.07) is 13.5. The Morgan fingerprint density at radius 1 is 0.762 bits per heavy atom. The lowest BCUT2D eigenvalue weighted by atomic mass is 9.85. The molecule has 4 nitrogen and oxygen atoms in total. The molecule has 0 fully saturated rings. The van der Waals surface area contributed by atoms with Crippen LogP contribution in [0, 0.1) is 0 Å². The van der Waals surface area contributed by atoms with Crippen LogP contribution in [0.4, 0.5) is 0 Å². The molecule has 0 saturated carbocycles. The van der Waals surface area contributed by atoms with E-state index in [-0.39, 0.29) is 6.42 Å². The normalized spacial score (nSPS) is 18.4. The van der Waals surface area contributed by atoms with Gasteiger partial charge in [-0.15, -0.1) is 0 Å². The smallest absolute Gasteiger partial charge is 0.339 e. The Balaban J connectivity index is 1.90. The lowest BCUT2D eigenvalue weighted by Crippen LogP contribution is -2.50. The Hall–Kier alpha value is -2.75. The fourth-order valence-corrected chi connectivity index (χ4v) is 3.06. The van der Waals surface area contributed by atoms with E-state index in [4.69, 9.17) is 4.74 Å². The van der Waals surface area contributed by atoms with E-state index >= 15 is 0 Å². The maximum atomic E-state index is 12.6. The van der Waals surface area contributed by atoms with Crippen molar-refractivity contribution in [3.63, 3.8) is 0 Å². The van der Waals surface area contributed by atoms with Crippen LogP contribution in [0.3, 0.4) is 0 Å². The number of carbonyl (C=O) groups is 3. The summed E-state index contributed by atoms with van der Waals surface area (Å²) in [4.78, 5) is 37.4. The zero-order valence-corrected chi connectivity index (χ0v) is 11.0. The van der Waals surface area contributed by atoms with Crippen LogP contribution in [0.15, 0.2) is 48.5 Å². The summed E-state index contributed by atoms with van der Waals surface area (Å²) in [7, 11) is 0. The molecule has 4 heteroatoms. The largest absolute Gasteiger partial charge is 0.438 e. The molecule has 2 aliphatic rings. The van der Waals surface area contributed by atoms with E-state index < -0.39 is 23.1 Å². The molecule has 0 N–H and O–H groups in total. The van der Waals surface area contributed by atoms with Crippen molar-refractivity contribution in [2.75, 3.05) is 0 Å². The van der Waals surface area contributed by atoms with Gasteiger partial charge in [0.2, 0.25) is 17.2 Å². The third-order valence-corrected chi connectivity index (χ3v) is 4.09. The SMILES string of the molecule is O=C1OC2(Cc3ccccc31)C(=O)c1ccccc1C2=O. The highest BCUT2D eigenvalue weighted by molar-refractivity contribution is 6.33. The van der Waals surface area contributed by atoms with Gasteiger partial charge in [-0.3, -0.25) is 9.59 Å². The number of carbonyl (C=O) groups excluding carboxylic acids is 3. The van der Waals surface area contributed by atoms with Crippen molar-refractivity contribution in [1.29, 1.82) is 0 Å². The second-order valence-electron chi connectivity index (χ2n) is 5.25. The number of ketones is 2. The van der Waals surface area contributed by atoms with Crippen molar-refractivity contribution < 1.29 is 19.1 Å². The average Bonchev–Trinajstić information content (AvgIpc) is 2.71. The molecule has 0 atom stereocenters. The molecule has 2 aromatic rings. The van der Waals surface area contributed by atoms with E-state index in [1.807, 2.05) is 0 Å². The Bertz CT molecular complexity index is 784. The third-order valence-electron chi connectivity index (χ3n) is 4.09. The average molecular weight is 278 g/mol. The molecule has 0 amide bonds. The van der Waals surface area contributed by atoms with Crippen LogP contribution in [-0.4, -0.2) is 23.1 Å². The lowest BCUT2D eigenvalue weighted by molar-refractivity contribution is -0.00542. The van der Waals surface area contributed by atoms with Crippen LogP contribution in [0.2, 0.25) is 0 Å². The molecule has 102 valence electrons. The molecule has 4 rings (SSSR count). The minimum Gasteiger partial charge on any atom is -0.438 e. The molecule has 1 aliphatic heterocycles. The minimum atomic E-state index is -1.71. The summed E-state index contributed by atoms with van der Waals surface area (Å²) in [6.45, 7) is 0. The molecular formula is C17H10O4. The topological polar surface area (TPSA) is 60.4 Å². The van der Waals surface area contributed by atoms with Gasteiger partial charge in [-0.25, -0.2) is 4.79 Å². The van der Waals surface area contributed by atoms with Crippen molar-refractivity contribution in [2.24, 2.45) is 0 Å². The van der Waals surface area contributed by atoms with Gasteiger partial charge in [0.25, 0.3) is 0 Å². The molecule has 21 heavy (non-hydrogen) atoms. The molecule has 0 aromatic heterocycles. The first-order valence-corrected chi connectivity index (χ1v) is 6.63. The Labute approximate surface area is 120 Å². The van der Waals surface area contributed by atoms with Gasteiger partial charge in [-0.1, -0.05) is 42.5 Å². The number of hydrogen-bond donors (Lipinski definition) is 0. The maximum absolute atomic E-state index is 12.6. The highest BCUT2D eigenvalue weighted by Gasteiger charge is 2.58. The molecule has 0 bridgehead atoms. The fraction of sp³-hybridized carbons (Fsp3) is 0.118. The fourth-order valence-electron chi connectivity index (χ4n) is 3.06. The van der Waals surface area contributed by atoms with Gasteiger partial charge in [0, 0.05) is 17.5 Å². The molecule has 1 spiro atoms. The summed E-state index contributed by atoms with van der Waals surface area (Å²) in [5.41, 5.74) is 0.0297. The number of ether oxygens (including phenoxy) is 1. The second kappa shape index (κ2) is 3.88. The first-order valence-electron chi connectivity index (χ1n) is 6.63. The monoisotopic (exact) mass is 278 g/mol. The van der Waals surface area contributed by atoms with Crippen LogP contribution in [-0.2, 0) is 11.2 Å². The van der Waals surface area contributed by atoms with Crippen molar-refractivity contribution in [1.82, 2.24) is 0 Å². The van der Waals surface area contributed by atoms with E-state index in [9.17, 15) is 14.4 Å². The van der Waals surface area contributed by atoms with Crippen LogP contribution >= 0.6 is 0 Å². The van der Waals surface area contributed by atoms with Crippen LogP contribution in [0.1, 0.15) is 36.6 Å². The van der Waals surface area contributed by atoms with Crippen molar-refractivity contribution in [3.05, 3.63) is 70.8 Å². The molecule has 1 aliphatic carbocycles. The van der Waals surface area contributed by atoms with Crippen LogP contribution < -0.4 is 0 Å². The van der Waals surface area contributed by atoms with E-state index in [1.54, 1.807) is 48.5 Å². The van der Waals surface area contributed by atoms with Gasteiger partial charge < -0.3 is 4.74 Å².